The molecule has 2 rings (SSSR count). The first-order valence-corrected chi connectivity index (χ1v) is 7.75. The molecule has 1 aliphatic rings. The maximum Gasteiger partial charge on any atom is 0.0449 e. The highest BCUT2D eigenvalue weighted by Crippen LogP contribution is 2.17. The molecule has 0 radical (unpaired) electrons. The van der Waals surface area contributed by atoms with E-state index in [0.717, 1.165) is 25.4 Å². The Labute approximate surface area is 114 Å². The summed E-state index contributed by atoms with van der Waals surface area (Å²) >= 11 is 1.96. The fraction of sp³-hybridized carbons (Fsp3) is 0.467. The molecular weight excluding hydrogens is 240 g/mol. The molecule has 0 amide bonds. The van der Waals surface area contributed by atoms with Gasteiger partial charge in [0, 0.05) is 43.7 Å². The van der Waals surface area contributed by atoms with Crippen molar-refractivity contribution in [3.8, 4) is 0 Å². The number of nitrogens with zero attached hydrogens (tertiary/aromatic N) is 1. The lowest BCUT2D eigenvalue weighted by atomic mass is 10.0. The highest BCUT2D eigenvalue weighted by molar-refractivity contribution is 7.99. The van der Waals surface area contributed by atoms with Crippen molar-refractivity contribution in [3.05, 3.63) is 48.6 Å². The van der Waals surface area contributed by atoms with Crippen LogP contribution in [0.3, 0.4) is 0 Å². The van der Waals surface area contributed by atoms with Gasteiger partial charge in [0.05, 0.1) is 0 Å². The van der Waals surface area contributed by atoms with Crippen LogP contribution >= 0.6 is 11.8 Å². The van der Waals surface area contributed by atoms with Crippen LogP contribution in [0.5, 0.6) is 0 Å². The van der Waals surface area contributed by atoms with Gasteiger partial charge in [-0.1, -0.05) is 36.4 Å². The topological polar surface area (TPSA) is 15.3 Å². The number of nitrogens with one attached hydrogen (secondary N) is 1. The zero-order chi connectivity index (χ0) is 12.6. The summed E-state index contributed by atoms with van der Waals surface area (Å²) in [6.45, 7) is 8.31. The smallest absolute Gasteiger partial charge is 0.0449 e. The lowest BCUT2D eigenvalue weighted by molar-refractivity contribution is 0.211. The maximum absolute atomic E-state index is 3.75. The summed E-state index contributed by atoms with van der Waals surface area (Å²) in [5.74, 6) is 2.27. The van der Waals surface area contributed by atoms with Crippen LogP contribution in [0.1, 0.15) is 11.6 Å². The molecule has 0 saturated carbocycles. The molecule has 18 heavy (non-hydrogen) atoms. The fourth-order valence-corrected chi connectivity index (χ4v) is 3.00. The molecule has 1 saturated heterocycles. The van der Waals surface area contributed by atoms with E-state index in [2.05, 4.69) is 47.1 Å². The summed E-state index contributed by atoms with van der Waals surface area (Å²) in [6.07, 6.45) is 1.98. The van der Waals surface area contributed by atoms with Gasteiger partial charge in [-0.05, 0) is 5.56 Å². The van der Waals surface area contributed by atoms with Crippen LogP contribution in [0.4, 0.5) is 0 Å². The Hall–Kier alpha value is -0.770. The standard InChI is InChI=1S/C15H22N2S/c1-2-11-18-12-10-17-9-8-16-15(13-17)14-6-4-3-5-7-14/h2-7,15-16H,1,8-13H2. The van der Waals surface area contributed by atoms with Gasteiger partial charge in [0.2, 0.25) is 0 Å². The molecule has 0 aromatic heterocycles. The summed E-state index contributed by atoms with van der Waals surface area (Å²) in [7, 11) is 0. The number of hydrogen-bond acceptors (Lipinski definition) is 3. The molecule has 1 aromatic carbocycles. The van der Waals surface area contributed by atoms with Gasteiger partial charge in [-0.15, -0.1) is 6.58 Å². The highest BCUT2D eigenvalue weighted by atomic mass is 32.2. The molecule has 1 fully saturated rings. The van der Waals surface area contributed by atoms with Crippen molar-refractivity contribution in [2.45, 2.75) is 6.04 Å². The van der Waals surface area contributed by atoms with Crippen LogP contribution in [0.2, 0.25) is 0 Å². The van der Waals surface area contributed by atoms with Gasteiger partial charge >= 0.3 is 0 Å². The van der Waals surface area contributed by atoms with Crippen molar-refractivity contribution >= 4 is 11.8 Å². The second kappa shape index (κ2) is 7.62. The van der Waals surface area contributed by atoms with Crippen LogP contribution < -0.4 is 5.32 Å². The summed E-state index contributed by atoms with van der Waals surface area (Å²) in [5.41, 5.74) is 1.40. The Kier molecular flexibility index (Phi) is 5.78. The van der Waals surface area contributed by atoms with Crippen LogP contribution in [0, 0.1) is 0 Å². The van der Waals surface area contributed by atoms with Crippen LogP contribution in [0.15, 0.2) is 43.0 Å². The molecular formula is C15H22N2S. The first-order chi connectivity index (χ1) is 8.90. The van der Waals surface area contributed by atoms with Gasteiger partial charge in [0.25, 0.3) is 0 Å². The number of rotatable bonds is 6. The third-order valence-electron chi connectivity index (χ3n) is 3.25. The predicted molar refractivity (Wildman–Crippen MR) is 81.1 cm³/mol. The molecule has 1 aromatic rings. The van der Waals surface area contributed by atoms with Gasteiger partial charge in [0.1, 0.15) is 0 Å². The van der Waals surface area contributed by atoms with Crippen molar-refractivity contribution in [2.75, 3.05) is 37.7 Å². The molecule has 0 aliphatic carbocycles. The molecule has 0 bridgehead atoms. The Morgan fingerprint density at radius 2 is 2.22 bits per heavy atom. The molecule has 1 aliphatic heterocycles. The van der Waals surface area contributed by atoms with Crippen LogP contribution in [-0.4, -0.2) is 42.6 Å². The second-order valence-corrected chi connectivity index (χ2v) is 5.73. The number of hydrogen-bond donors (Lipinski definition) is 1. The lowest BCUT2D eigenvalue weighted by Gasteiger charge is -2.33. The minimum absolute atomic E-state index is 0.490. The molecule has 2 nitrogen and oxygen atoms in total. The van der Waals surface area contributed by atoms with Crippen molar-refractivity contribution in [3.63, 3.8) is 0 Å². The minimum atomic E-state index is 0.490. The van der Waals surface area contributed by atoms with E-state index in [1.807, 2.05) is 17.8 Å². The molecule has 1 unspecified atom stereocenters. The SMILES string of the molecule is C=CCSCCN1CCNC(c2ccccc2)C1. The van der Waals surface area contributed by atoms with Crippen molar-refractivity contribution in [1.29, 1.82) is 0 Å². The van der Waals surface area contributed by atoms with Crippen LogP contribution in [0.25, 0.3) is 0 Å². The third-order valence-corrected chi connectivity index (χ3v) is 4.19. The van der Waals surface area contributed by atoms with E-state index in [4.69, 9.17) is 0 Å². The van der Waals surface area contributed by atoms with E-state index < -0.39 is 0 Å². The molecule has 0 spiro atoms. The van der Waals surface area contributed by atoms with E-state index in [1.54, 1.807) is 0 Å². The van der Waals surface area contributed by atoms with Gasteiger partial charge in [-0.3, -0.25) is 4.90 Å². The quantitative estimate of drug-likeness (QED) is 0.626. The van der Waals surface area contributed by atoms with E-state index in [9.17, 15) is 0 Å². The lowest BCUT2D eigenvalue weighted by Crippen LogP contribution is -2.46. The fourth-order valence-electron chi connectivity index (χ4n) is 2.28. The van der Waals surface area contributed by atoms with Crippen LogP contribution in [-0.2, 0) is 0 Å². The van der Waals surface area contributed by atoms with E-state index in [0.29, 0.717) is 6.04 Å². The molecule has 1 atom stereocenters. The van der Waals surface area contributed by atoms with E-state index >= 15 is 0 Å². The molecule has 1 heterocycles. The molecule has 1 N–H and O–H groups in total. The van der Waals surface area contributed by atoms with Crippen molar-refractivity contribution in [1.82, 2.24) is 10.2 Å². The van der Waals surface area contributed by atoms with Gasteiger partial charge in [-0.2, -0.15) is 11.8 Å². The highest BCUT2D eigenvalue weighted by Gasteiger charge is 2.19. The van der Waals surface area contributed by atoms with Crippen molar-refractivity contribution < 1.29 is 0 Å². The normalized spacial score (nSPS) is 20.8. The summed E-state index contributed by atoms with van der Waals surface area (Å²) < 4.78 is 0. The van der Waals surface area contributed by atoms with Gasteiger partial charge < -0.3 is 5.32 Å². The van der Waals surface area contributed by atoms with Gasteiger partial charge in [0.15, 0.2) is 0 Å². The third kappa shape index (κ3) is 4.16. The first kappa shape index (κ1) is 13.7. The Morgan fingerprint density at radius 1 is 1.39 bits per heavy atom. The molecule has 98 valence electrons. The minimum Gasteiger partial charge on any atom is -0.308 e. The van der Waals surface area contributed by atoms with Crippen molar-refractivity contribution in [2.24, 2.45) is 0 Å². The summed E-state index contributed by atoms with van der Waals surface area (Å²) in [5, 5.41) is 3.60. The zero-order valence-electron chi connectivity index (χ0n) is 10.8. The largest absolute Gasteiger partial charge is 0.308 e. The van der Waals surface area contributed by atoms with E-state index in [1.165, 1.54) is 17.9 Å². The monoisotopic (exact) mass is 262 g/mol. The summed E-state index contributed by atoms with van der Waals surface area (Å²) in [6, 6.07) is 11.2. The number of piperazine rings is 1. The Morgan fingerprint density at radius 3 is 3.00 bits per heavy atom. The second-order valence-electron chi connectivity index (χ2n) is 4.58. The van der Waals surface area contributed by atoms with E-state index in [-0.39, 0.29) is 0 Å². The molecule has 3 heteroatoms. The summed E-state index contributed by atoms with van der Waals surface area (Å²) in [4.78, 5) is 2.56. The average molecular weight is 262 g/mol. The Bertz CT molecular complexity index is 353. The maximum atomic E-state index is 3.75. The predicted octanol–water partition coefficient (Wildman–Crippen LogP) is 2.55. The first-order valence-electron chi connectivity index (χ1n) is 6.59. The average Bonchev–Trinajstić information content (AvgIpc) is 2.45. The Balaban J connectivity index is 1.79. The number of thioether (sulfide) groups is 1. The van der Waals surface area contributed by atoms with Gasteiger partial charge in [-0.25, -0.2) is 0 Å². The number of benzene rings is 1. The zero-order valence-corrected chi connectivity index (χ0v) is 11.7.